The minimum Gasteiger partial charge on any atom is -0.462 e. The van der Waals surface area contributed by atoms with Crippen LogP contribution in [0.4, 0.5) is 0 Å². The maximum atomic E-state index is 12.8. The fourth-order valence-corrected chi connectivity index (χ4v) is 7.52. The lowest BCUT2D eigenvalue weighted by atomic mass is 9.90. The van der Waals surface area contributed by atoms with Gasteiger partial charge in [0.05, 0.1) is 33.9 Å². The number of likely N-dealkylation sites (N-methyl/N-ethyl adjacent to an activating group) is 1. The second-order valence-corrected chi connectivity index (χ2v) is 19.3. The molecule has 1 aliphatic carbocycles. The zero-order valence-electron chi connectivity index (χ0n) is 39.9. The lowest BCUT2D eigenvalue weighted by Crippen LogP contribution is -2.37. The van der Waals surface area contributed by atoms with Crippen LogP contribution in [-0.2, 0) is 37.5 Å². The van der Waals surface area contributed by atoms with Gasteiger partial charge in [0.1, 0.15) is 19.8 Å². The molecule has 0 aliphatic heterocycles. The number of ether oxygens (including phenoxy) is 2. The van der Waals surface area contributed by atoms with Gasteiger partial charge in [0, 0.05) is 18.8 Å². The maximum absolute atomic E-state index is 12.8. The molecular weight excluding hydrogens is 818 g/mol. The minimum atomic E-state index is -4.44. The number of rotatable bonds is 40. The molecule has 0 amide bonds. The van der Waals surface area contributed by atoms with Crippen LogP contribution < -0.4 is 0 Å². The molecule has 0 saturated carbocycles. The summed E-state index contributed by atoms with van der Waals surface area (Å²) in [5, 5.41) is 10.2. The molecule has 360 valence electrons. The van der Waals surface area contributed by atoms with E-state index in [9.17, 15) is 28.9 Å². The molecule has 0 aromatic heterocycles. The predicted octanol–water partition coefficient (Wildman–Crippen LogP) is 11.8. The first-order valence-electron chi connectivity index (χ1n) is 24.2. The summed E-state index contributed by atoms with van der Waals surface area (Å²) in [6, 6.07) is 0. The van der Waals surface area contributed by atoms with Crippen molar-refractivity contribution in [1.29, 1.82) is 0 Å². The first kappa shape index (κ1) is 58.1. The van der Waals surface area contributed by atoms with Crippen LogP contribution in [0.15, 0.2) is 72.9 Å². The number of unbranched alkanes of at least 4 members (excludes halogenated alkanes) is 13. The number of aliphatic hydroxyl groups is 1. The highest BCUT2D eigenvalue weighted by atomic mass is 31.2. The van der Waals surface area contributed by atoms with E-state index in [4.69, 9.17) is 18.5 Å². The predicted molar refractivity (Wildman–Crippen MR) is 256 cm³/mol. The largest absolute Gasteiger partial charge is 0.472 e. The monoisotopic (exact) mass is 905 g/mol. The standard InChI is InChI=1S/C51H86NO10P/c1-6-8-10-11-12-13-14-15-16-17-18-19-20-21-22-23-24-25-26-31-35-50(55)59-43-47(44-61-63(57,58)60-42-41-52(3,4)5)62-51(56)36-32-28-27-30-33-45-37-40-49(54)48(45)39-38-46(53)34-29-9-7-2/h13-14,16-17,19-20,27,30,37-40,45-48,53H,6-12,15,18,21-26,28-29,31-36,41-44H2,1-5H3/p+1/b14-13-,17-16-,20-19-,30-27-,39-38+/t45-,46-,47+,48+/m0/s1. The molecule has 1 unspecified atom stereocenters. The van der Waals surface area contributed by atoms with Crippen LogP contribution in [-0.4, -0.2) is 91.9 Å². The molecule has 12 heteroatoms. The zero-order valence-corrected chi connectivity index (χ0v) is 40.8. The first-order valence-corrected chi connectivity index (χ1v) is 25.7. The topological polar surface area (TPSA) is 146 Å². The number of hydrogen-bond donors (Lipinski definition) is 2. The van der Waals surface area contributed by atoms with Crippen molar-refractivity contribution in [3.05, 3.63) is 72.9 Å². The third-order valence-corrected chi connectivity index (χ3v) is 11.7. The van der Waals surface area contributed by atoms with Gasteiger partial charge >= 0.3 is 19.8 Å². The number of ketones is 1. The Kier molecular flexibility index (Phi) is 34.4. The Morgan fingerprint density at radius 2 is 1.30 bits per heavy atom. The van der Waals surface area contributed by atoms with Crippen LogP contribution in [0.1, 0.15) is 162 Å². The molecule has 0 radical (unpaired) electrons. The molecule has 0 saturated heterocycles. The Labute approximate surface area is 382 Å². The molecule has 0 aromatic rings. The molecule has 2 N–H and O–H groups in total. The molecule has 0 heterocycles. The summed E-state index contributed by atoms with van der Waals surface area (Å²) < 4.78 is 34.3. The van der Waals surface area contributed by atoms with E-state index < -0.39 is 38.6 Å². The van der Waals surface area contributed by atoms with Gasteiger partial charge in [-0.05, 0) is 82.6 Å². The number of esters is 2. The lowest BCUT2D eigenvalue weighted by molar-refractivity contribution is -0.870. The smallest absolute Gasteiger partial charge is 0.462 e. The summed E-state index contributed by atoms with van der Waals surface area (Å²) in [7, 11) is 1.34. The van der Waals surface area contributed by atoms with E-state index in [0.29, 0.717) is 43.1 Å². The van der Waals surface area contributed by atoms with E-state index in [-0.39, 0.29) is 43.7 Å². The van der Waals surface area contributed by atoms with Gasteiger partial charge in [0.2, 0.25) is 0 Å². The number of carbonyl (C=O) groups excluding carboxylic acids is 3. The fraction of sp³-hybridized carbons (Fsp3) is 0.706. The molecular formula is C51H87NO10P+. The minimum absolute atomic E-state index is 0.0101. The molecule has 0 fully saturated rings. The molecule has 11 nitrogen and oxygen atoms in total. The van der Waals surface area contributed by atoms with Crippen LogP contribution in [0.2, 0.25) is 0 Å². The van der Waals surface area contributed by atoms with Gasteiger partial charge in [-0.3, -0.25) is 23.4 Å². The van der Waals surface area contributed by atoms with Crippen molar-refractivity contribution in [2.45, 2.75) is 174 Å². The summed E-state index contributed by atoms with van der Waals surface area (Å²) in [5.74, 6) is -1.20. The van der Waals surface area contributed by atoms with Gasteiger partial charge in [0.25, 0.3) is 0 Å². The Hall–Kier alpha value is -2.92. The second kappa shape index (κ2) is 37.3. The third-order valence-electron chi connectivity index (χ3n) is 10.7. The Morgan fingerprint density at radius 3 is 1.97 bits per heavy atom. The highest BCUT2D eigenvalue weighted by Crippen LogP contribution is 2.43. The quantitative estimate of drug-likeness (QED) is 0.0200. The maximum Gasteiger partial charge on any atom is 0.472 e. The zero-order chi connectivity index (χ0) is 46.4. The highest BCUT2D eigenvalue weighted by molar-refractivity contribution is 7.47. The van der Waals surface area contributed by atoms with E-state index >= 15 is 0 Å². The first-order chi connectivity index (χ1) is 30.3. The molecule has 63 heavy (non-hydrogen) atoms. The molecule has 0 bridgehead atoms. The summed E-state index contributed by atoms with van der Waals surface area (Å²) in [6.07, 6.45) is 44.3. The molecule has 1 aliphatic rings. The van der Waals surface area contributed by atoms with Gasteiger partial charge in [0.15, 0.2) is 11.9 Å². The van der Waals surface area contributed by atoms with Crippen LogP contribution in [0.5, 0.6) is 0 Å². The summed E-state index contributed by atoms with van der Waals surface area (Å²) in [4.78, 5) is 48.1. The van der Waals surface area contributed by atoms with Crippen molar-refractivity contribution in [3.8, 4) is 0 Å². The summed E-state index contributed by atoms with van der Waals surface area (Å²) in [6.45, 7) is 4.05. The number of phosphoric ester groups is 1. The molecule has 0 aromatic carbocycles. The molecule has 1 rings (SSSR count). The average molecular weight is 905 g/mol. The van der Waals surface area contributed by atoms with Gasteiger partial charge in [-0.25, -0.2) is 4.57 Å². The van der Waals surface area contributed by atoms with Crippen LogP contribution in [0.3, 0.4) is 0 Å². The van der Waals surface area contributed by atoms with E-state index in [0.717, 1.165) is 70.6 Å². The Balaban J connectivity index is 2.42. The van der Waals surface area contributed by atoms with Crippen molar-refractivity contribution in [3.63, 3.8) is 0 Å². The highest BCUT2D eigenvalue weighted by Gasteiger charge is 2.28. The van der Waals surface area contributed by atoms with Crippen molar-refractivity contribution < 1.29 is 52.0 Å². The number of aliphatic hydroxyl groups excluding tert-OH is 1. The second-order valence-electron chi connectivity index (χ2n) is 17.8. The summed E-state index contributed by atoms with van der Waals surface area (Å²) in [5.41, 5.74) is 0. The number of quaternary nitrogens is 1. The third kappa shape index (κ3) is 35.1. The number of hydrogen-bond acceptors (Lipinski definition) is 9. The van der Waals surface area contributed by atoms with E-state index in [1.807, 2.05) is 45.4 Å². The van der Waals surface area contributed by atoms with Crippen LogP contribution >= 0.6 is 7.82 Å². The number of nitrogens with zero attached hydrogens (tertiary/aromatic N) is 1. The normalized spacial score (nSPS) is 17.9. The molecule has 0 spiro atoms. The van der Waals surface area contributed by atoms with Crippen molar-refractivity contribution in [2.75, 3.05) is 47.5 Å². The van der Waals surface area contributed by atoms with Crippen LogP contribution in [0, 0.1) is 11.8 Å². The Morgan fingerprint density at radius 1 is 0.730 bits per heavy atom. The molecule has 5 atom stereocenters. The SMILES string of the molecule is CCCCCC/C=C\C/C=C\C/C=C\CCCCCCCCC(=O)OC[C@H](COP(=O)(O)OCC[N+](C)(C)C)OC(=O)CCC/C=C\C[C@H]1C=CC(=O)[C@@H]1/C=C/[C@@H](O)CCCCC. The van der Waals surface area contributed by atoms with Crippen molar-refractivity contribution in [1.82, 2.24) is 0 Å². The van der Waals surface area contributed by atoms with Gasteiger partial charge < -0.3 is 24.0 Å². The van der Waals surface area contributed by atoms with E-state index in [1.165, 1.54) is 32.1 Å². The number of phosphoric acid groups is 1. The van der Waals surface area contributed by atoms with E-state index in [2.05, 4.69) is 50.3 Å². The number of carbonyl (C=O) groups is 3. The van der Waals surface area contributed by atoms with Crippen molar-refractivity contribution >= 4 is 25.5 Å². The van der Waals surface area contributed by atoms with Gasteiger partial charge in [-0.15, -0.1) is 0 Å². The van der Waals surface area contributed by atoms with E-state index in [1.54, 1.807) is 12.2 Å². The number of allylic oxidation sites excluding steroid dienone is 11. The van der Waals surface area contributed by atoms with Gasteiger partial charge in [-0.2, -0.15) is 0 Å². The van der Waals surface area contributed by atoms with Gasteiger partial charge in [-0.1, -0.05) is 145 Å². The summed E-state index contributed by atoms with van der Waals surface area (Å²) >= 11 is 0. The average Bonchev–Trinajstić information content (AvgIpc) is 3.59. The van der Waals surface area contributed by atoms with Crippen LogP contribution in [0.25, 0.3) is 0 Å². The lowest BCUT2D eigenvalue weighted by Gasteiger charge is -2.24. The Bertz CT molecular complexity index is 1450. The fourth-order valence-electron chi connectivity index (χ4n) is 6.78. The van der Waals surface area contributed by atoms with Crippen molar-refractivity contribution in [2.24, 2.45) is 11.8 Å².